The van der Waals surface area contributed by atoms with Gasteiger partial charge in [-0.05, 0) is 33.6 Å². The minimum Gasteiger partial charge on any atom is -0.388 e. The lowest BCUT2D eigenvalue weighted by Crippen LogP contribution is -2.46. The van der Waals surface area contributed by atoms with Crippen LogP contribution in [0.1, 0.15) is 80.1 Å². The highest BCUT2D eigenvalue weighted by Gasteiger charge is 2.49. The van der Waals surface area contributed by atoms with E-state index in [1.54, 1.807) is 0 Å². The van der Waals surface area contributed by atoms with Crippen molar-refractivity contribution in [2.75, 3.05) is 13.2 Å². The Balaban J connectivity index is 2.71. The molecule has 1 heterocycles. The lowest BCUT2D eigenvalue weighted by Gasteiger charge is -2.27. The second-order valence-corrected chi connectivity index (χ2v) is 8.05. The molecule has 1 aliphatic rings. The predicted octanol–water partition coefficient (Wildman–Crippen LogP) is 3.42. The molecule has 7 atom stereocenters. The van der Waals surface area contributed by atoms with Crippen LogP contribution >= 0.6 is 0 Å². The van der Waals surface area contributed by atoms with Crippen LogP contribution in [0.3, 0.4) is 0 Å². The number of hydrogen-bond donors (Lipinski definition) is 2. The van der Waals surface area contributed by atoms with Crippen molar-refractivity contribution in [2.24, 2.45) is 0 Å². The number of aliphatic hydroxyl groups is 2. The van der Waals surface area contributed by atoms with Gasteiger partial charge in [0.1, 0.15) is 24.4 Å². The molecule has 0 aliphatic carbocycles. The van der Waals surface area contributed by atoms with E-state index < -0.39 is 30.2 Å². The SMILES string of the molecule is CCCC(C)OC[C@@H](O)[C@H]1OC(C)(CCC)O[C@@H]1[C@@H](O)COC(C)CCC. The largest absolute Gasteiger partial charge is 0.388 e. The molecule has 1 fully saturated rings. The minimum absolute atomic E-state index is 0.0793. The smallest absolute Gasteiger partial charge is 0.166 e. The summed E-state index contributed by atoms with van der Waals surface area (Å²) in [6, 6.07) is 0. The van der Waals surface area contributed by atoms with Crippen LogP contribution in [0.15, 0.2) is 0 Å². The fourth-order valence-corrected chi connectivity index (χ4v) is 3.60. The van der Waals surface area contributed by atoms with Crippen LogP contribution in [-0.4, -0.2) is 65.8 Å². The highest BCUT2D eigenvalue weighted by molar-refractivity contribution is 4.92. The minimum atomic E-state index is -0.865. The first kappa shape index (κ1) is 24.8. The average Bonchev–Trinajstić information content (AvgIpc) is 2.96. The van der Waals surface area contributed by atoms with Crippen molar-refractivity contribution in [2.45, 2.75) is 122 Å². The molecular formula is C21H42O6. The van der Waals surface area contributed by atoms with E-state index in [0.717, 1.165) is 32.1 Å². The van der Waals surface area contributed by atoms with Crippen LogP contribution in [0.5, 0.6) is 0 Å². The molecule has 0 aromatic carbocycles. The summed E-state index contributed by atoms with van der Waals surface area (Å²) in [6.07, 6.45) is 2.67. The van der Waals surface area contributed by atoms with E-state index in [-0.39, 0.29) is 25.4 Å². The molecule has 0 saturated carbocycles. The topological polar surface area (TPSA) is 77.4 Å². The third-order valence-corrected chi connectivity index (χ3v) is 5.05. The van der Waals surface area contributed by atoms with Gasteiger partial charge in [-0.3, -0.25) is 0 Å². The summed E-state index contributed by atoms with van der Waals surface area (Å²) >= 11 is 0. The number of aliphatic hydroxyl groups excluding tert-OH is 2. The van der Waals surface area contributed by atoms with Crippen molar-refractivity contribution in [3.8, 4) is 0 Å². The molecule has 0 radical (unpaired) electrons. The maximum atomic E-state index is 10.7. The zero-order valence-corrected chi connectivity index (χ0v) is 18.1. The molecule has 6 heteroatoms. The highest BCUT2D eigenvalue weighted by atomic mass is 16.8. The van der Waals surface area contributed by atoms with Crippen molar-refractivity contribution in [1.82, 2.24) is 0 Å². The summed E-state index contributed by atoms with van der Waals surface area (Å²) in [5.74, 6) is -0.809. The lowest BCUT2D eigenvalue weighted by atomic mass is 10.0. The Morgan fingerprint density at radius 1 is 0.815 bits per heavy atom. The summed E-state index contributed by atoms with van der Waals surface area (Å²) in [5, 5.41) is 21.3. The lowest BCUT2D eigenvalue weighted by molar-refractivity contribution is -0.183. The Bertz CT molecular complexity index is 361. The number of rotatable bonds is 14. The van der Waals surface area contributed by atoms with E-state index in [9.17, 15) is 10.2 Å². The zero-order chi connectivity index (χ0) is 20.4. The van der Waals surface area contributed by atoms with Gasteiger partial charge in [0.05, 0.1) is 25.4 Å². The van der Waals surface area contributed by atoms with E-state index in [1.807, 2.05) is 20.8 Å². The second kappa shape index (κ2) is 12.3. The van der Waals surface area contributed by atoms with Gasteiger partial charge in [0.2, 0.25) is 0 Å². The third kappa shape index (κ3) is 8.34. The summed E-state index contributed by atoms with van der Waals surface area (Å²) in [4.78, 5) is 0. The summed E-state index contributed by atoms with van der Waals surface area (Å²) in [5.41, 5.74) is 0. The third-order valence-electron chi connectivity index (χ3n) is 5.05. The number of ether oxygens (including phenoxy) is 4. The zero-order valence-electron chi connectivity index (χ0n) is 18.1. The highest BCUT2D eigenvalue weighted by Crippen LogP contribution is 2.35. The van der Waals surface area contributed by atoms with Crippen molar-refractivity contribution in [1.29, 1.82) is 0 Å². The Kier molecular flexibility index (Phi) is 11.3. The van der Waals surface area contributed by atoms with Gasteiger partial charge in [0.15, 0.2) is 5.79 Å². The second-order valence-electron chi connectivity index (χ2n) is 8.05. The summed E-state index contributed by atoms with van der Waals surface area (Å²) in [7, 11) is 0. The van der Waals surface area contributed by atoms with Gasteiger partial charge in [0, 0.05) is 6.42 Å². The molecular weight excluding hydrogens is 348 g/mol. The molecule has 0 aromatic rings. The van der Waals surface area contributed by atoms with Gasteiger partial charge in [-0.25, -0.2) is 0 Å². The molecule has 1 rings (SSSR count). The van der Waals surface area contributed by atoms with Crippen LogP contribution in [0.25, 0.3) is 0 Å². The first-order valence-electron chi connectivity index (χ1n) is 10.7. The van der Waals surface area contributed by atoms with Crippen molar-refractivity contribution < 1.29 is 29.2 Å². The van der Waals surface area contributed by atoms with E-state index in [0.29, 0.717) is 6.42 Å². The molecule has 0 amide bonds. The van der Waals surface area contributed by atoms with E-state index >= 15 is 0 Å². The van der Waals surface area contributed by atoms with E-state index in [2.05, 4.69) is 20.8 Å². The fraction of sp³-hybridized carbons (Fsp3) is 1.00. The first-order chi connectivity index (χ1) is 12.8. The molecule has 0 bridgehead atoms. The molecule has 162 valence electrons. The molecule has 0 spiro atoms. The van der Waals surface area contributed by atoms with Crippen LogP contribution in [0.2, 0.25) is 0 Å². The monoisotopic (exact) mass is 390 g/mol. The van der Waals surface area contributed by atoms with Crippen LogP contribution in [0.4, 0.5) is 0 Å². The van der Waals surface area contributed by atoms with Crippen molar-refractivity contribution in [3.05, 3.63) is 0 Å². The van der Waals surface area contributed by atoms with Gasteiger partial charge in [-0.2, -0.15) is 0 Å². The molecule has 0 aromatic heterocycles. The molecule has 27 heavy (non-hydrogen) atoms. The molecule has 2 N–H and O–H groups in total. The number of hydrogen-bond acceptors (Lipinski definition) is 6. The van der Waals surface area contributed by atoms with Gasteiger partial charge in [-0.1, -0.05) is 40.0 Å². The standard InChI is InChI=1S/C21H42O6/c1-7-10-15(4)24-13-17(22)19-20(27-21(6,26-19)12-9-3)18(23)14-25-16(5)11-8-2/h15-20,22-23H,7-14H2,1-6H3/t15?,16?,17-,18+,19-,20-,21?/m1/s1. The maximum Gasteiger partial charge on any atom is 0.166 e. The Morgan fingerprint density at radius 3 is 1.56 bits per heavy atom. The van der Waals surface area contributed by atoms with Crippen molar-refractivity contribution in [3.63, 3.8) is 0 Å². The van der Waals surface area contributed by atoms with Gasteiger partial charge in [-0.15, -0.1) is 0 Å². The maximum absolute atomic E-state index is 10.7. The van der Waals surface area contributed by atoms with E-state index in [1.165, 1.54) is 0 Å². The Hall–Kier alpha value is -0.240. The predicted molar refractivity (Wildman–Crippen MR) is 106 cm³/mol. The Morgan fingerprint density at radius 2 is 1.22 bits per heavy atom. The fourth-order valence-electron chi connectivity index (χ4n) is 3.60. The normalized spacial score (nSPS) is 30.2. The van der Waals surface area contributed by atoms with Gasteiger partial charge in [0.25, 0.3) is 0 Å². The Labute approximate surface area is 165 Å². The van der Waals surface area contributed by atoms with Gasteiger partial charge < -0.3 is 29.2 Å². The molecule has 6 nitrogen and oxygen atoms in total. The van der Waals surface area contributed by atoms with Crippen LogP contribution < -0.4 is 0 Å². The van der Waals surface area contributed by atoms with E-state index in [4.69, 9.17) is 18.9 Å². The molecule has 1 saturated heterocycles. The summed E-state index contributed by atoms with van der Waals surface area (Å²) in [6.45, 7) is 12.4. The average molecular weight is 391 g/mol. The van der Waals surface area contributed by atoms with Crippen LogP contribution in [-0.2, 0) is 18.9 Å². The summed E-state index contributed by atoms with van der Waals surface area (Å²) < 4.78 is 23.6. The quantitative estimate of drug-likeness (QED) is 0.473. The molecule has 1 aliphatic heterocycles. The van der Waals surface area contributed by atoms with Crippen molar-refractivity contribution >= 4 is 0 Å². The first-order valence-corrected chi connectivity index (χ1v) is 10.7. The van der Waals surface area contributed by atoms with Crippen LogP contribution in [0, 0.1) is 0 Å². The molecule has 3 unspecified atom stereocenters. The van der Waals surface area contributed by atoms with Gasteiger partial charge >= 0.3 is 0 Å².